The summed E-state index contributed by atoms with van der Waals surface area (Å²) in [6, 6.07) is 58.9. The molecule has 4 aliphatic rings. The Kier molecular flexibility index (Phi) is 33.6. The Labute approximate surface area is 799 Å². The molecule has 134 heavy (non-hydrogen) atoms. The van der Waals surface area contributed by atoms with E-state index in [2.05, 4.69) is 99.2 Å². The molecule has 12 aromatic rings. The number of likely N-dealkylation sites (tertiary alicyclic amines) is 4. The number of carbonyl (C=O) groups excluding carboxylic acids is 8. The molecule has 34 heteroatoms. The second kappa shape index (κ2) is 46.5. The highest BCUT2D eigenvalue weighted by Gasteiger charge is 2.27. The fraction of sp³-hybridized carbons (Fsp3) is 0.200. The van der Waals surface area contributed by atoms with Crippen molar-refractivity contribution in [2.45, 2.75) is 78.1 Å². The maximum absolute atomic E-state index is 14.8. The van der Waals surface area contributed by atoms with Crippen LogP contribution >= 0.6 is 55.1 Å². The fourth-order valence-corrected chi connectivity index (χ4v) is 15.6. The Bertz CT molecular complexity index is 6360. The van der Waals surface area contributed by atoms with Crippen LogP contribution in [0, 0.1) is 47.1 Å². The molecule has 4 saturated heterocycles. The molecular formula is C100H94Br2Cl2F2N20O8. The predicted molar refractivity (Wildman–Crippen MR) is 527 cm³/mol. The second-order valence-corrected chi connectivity index (χ2v) is 34.4. The molecule has 8 aromatic carbocycles. The lowest BCUT2D eigenvalue weighted by Gasteiger charge is -2.29. The van der Waals surface area contributed by atoms with Gasteiger partial charge in [-0.1, -0.05) is 107 Å². The Morgan fingerprint density at radius 3 is 0.866 bits per heavy atom. The molecule has 684 valence electrons. The fourth-order valence-electron chi connectivity index (χ4n) is 14.9. The van der Waals surface area contributed by atoms with Crippen molar-refractivity contribution in [2.24, 2.45) is 0 Å². The molecule has 4 aromatic heterocycles. The number of piperidine rings is 2. The van der Waals surface area contributed by atoms with Gasteiger partial charge in [0.15, 0.2) is 0 Å². The lowest BCUT2D eigenvalue weighted by molar-refractivity contribution is 0.100. The topological polar surface area (TPSA) is 393 Å². The number of carbonyl (C=O) groups is 8. The molecule has 16 rings (SSSR count). The number of hydrogen-bond acceptors (Lipinski definition) is 16. The minimum absolute atomic E-state index is 0.167. The first-order valence-corrected chi connectivity index (χ1v) is 45.5. The van der Waals surface area contributed by atoms with Crippen LogP contribution in [0.25, 0.3) is 0 Å². The van der Waals surface area contributed by atoms with Gasteiger partial charge in [-0.25, -0.2) is 28.7 Å². The third-order valence-electron chi connectivity index (χ3n) is 22.1. The normalized spacial score (nSPS) is 13.1. The molecule has 0 radical (unpaired) electrons. The highest BCUT2D eigenvalue weighted by molar-refractivity contribution is 9.10. The first-order valence-electron chi connectivity index (χ1n) is 43.2. The quantitative estimate of drug-likeness (QED) is 0.0249. The third-order valence-corrected chi connectivity index (χ3v) is 23.4. The molecule has 0 spiro atoms. The van der Waals surface area contributed by atoms with Gasteiger partial charge < -0.3 is 62.1 Å². The number of para-hydroxylation sites is 2. The van der Waals surface area contributed by atoms with E-state index in [9.17, 15) is 47.1 Å². The molecule has 12 N–H and O–H groups in total. The highest BCUT2D eigenvalue weighted by Crippen LogP contribution is 2.29. The van der Waals surface area contributed by atoms with Gasteiger partial charge in [0.05, 0.1) is 66.2 Å². The van der Waals surface area contributed by atoms with Gasteiger partial charge in [-0.05, 0) is 256 Å². The van der Waals surface area contributed by atoms with Gasteiger partial charge in [0.2, 0.25) is 0 Å². The van der Waals surface area contributed by atoms with E-state index in [1.165, 1.54) is 43.1 Å². The molecule has 0 aliphatic carbocycles. The SMILES string of the molecule is Cc1ccc(NC(=O)c2ccc(C(=N)N3CCCC3)cc2)c(C(=O)Nc2ccc(Cl)cn2)c1.Cc1ccc(NC(=O)c2ccc(C(=N)N3CCCCC3)cc2)c(C(=O)Nc2ccc(Cl)cn2)c1.N=C(c1ccc(C(=O)Nc2ccccc2C(=O)Nc2ccc(Br)cn2)c(F)c1)N1CCCC1.N=C(c1ccc(C(=O)Nc2ccccc2C(=O)Nc2ccc(Br)cn2)c(F)c1)N1CCCCC1. The summed E-state index contributed by atoms with van der Waals surface area (Å²) in [6.45, 7) is 10.4. The van der Waals surface area contributed by atoms with Crippen molar-refractivity contribution in [3.05, 3.63) is 352 Å². The van der Waals surface area contributed by atoms with Crippen molar-refractivity contribution >= 4 is 172 Å². The van der Waals surface area contributed by atoms with Crippen molar-refractivity contribution in [3.63, 3.8) is 0 Å². The maximum Gasteiger partial charge on any atom is 0.258 e. The maximum atomic E-state index is 14.8. The number of aryl methyl sites for hydroxylation is 2. The third kappa shape index (κ3) is 26.4. The van der Waals surface area contributed by atoms with Crippen LogP contribution in [0.15, 0.2) is 252 Å². The lowest BCUT2D eigenvalue weighted by Crippen LogP contribution is -2.35. The number of pyridine rings is 4. The molecule has 0 saturated carbocycles. The molecule has 0 atom stereocenters. The monoisotopic (exact) mass is 1970 g/mol. The van der Waals surface area contributed by atoms with Gasteiger partial charge in [-0.3, -0.25) is 60.0 Å². The first kappa shape index (κ1) is 96.9. The Balaban J connectivity index is 0.000000152. The van der Waals surface area contributed by atoms with Gasteiger partial charge >= 0.3 is 0 Å². The van der Waals surface area contributed by atoms with Crippen LogP contribution in [0.2, 0.25) is 10.0 Å². The molecule has 0 bridgehead atoms. The Morgan fingerprint density at radius 2 is 0.552 bits per heavy atom. The summed E-state index contributed by atoms with van der Waals surface area (Å²) in [5.41, 5.74) is 7.08. The smallest absolute Gasteiger partial charge is 0.258 e. The van der Waals surface area contributed by atoms with Gasteiger partial charge in [0.1, 0.15) is 58.2 Å². The number of amidine groups is 4. The van der Waals surface area contributed by atoms with Crippen molar-refractivity contribution in [2.75, 3.05) is 94.9 Å². The summed E-state index contributed by atoms with van der Waals surface area (Å²) in [4.78, 5) is 127. The number of halogens is 6. The van der Waals surface area contributed by atoms with Crippen molar-refractivity contribution in [1.82, 2.24) is 39.5 Å². The van der Waals surface area contributed by atoms with Gasteiger partial charge in [-0.15, -0.1) is 0 Å². The van der Waals surface area contributed by atoms with E-state index >= 15 is 0 Å². The summed E-state index contributed by atoms with van der Waals surface area (Å²) in [5, 5.41) is 56.1. The van der Waals surface area contributed by atoms with Gasteiger partial charge in [0, 0.05) is 119 Å². The van der Waals surface area contributed by atoms with Gasteiger partial charge in [0.25, 0.3) is 47.3 Å². The lowest BCUT2D eigenvalue weighted by atomic mass is 10.1. The van der Waals surface area contributed by atoms with E-state index in [-0.39, 0.29) is 63.0 Å². The van der Waals surface area contributed by atoms with Crippen molar-refractivity contribution in [3.8, 4) is 0 Å². The number of benzene rings is 8. The minimum Gasteiger partial charge on any atom is -0.357 e. The van der Waals surface area contributed by atoms with Crippen LogP contribution in [-0.2, 0) is 0 Å². The highest BCUT2D eigenvalue weighted by atomic mass is 79.9. The number of nitrogens with one attached hydrogen (secondary N) is 12. The molecule has 4 aliphatic heterocycles. The number of hydrogen-bond donors (Lipinski definition) is 12. The van der Waals surface area contributed by atoms with Crippen LogP contribution in [0.5, 0.6) is 0 Å². The number of amides is 8. The summed E-state index contributed by atoms with van der Waals surface area (Å²) < 4.78 is 31.2. The first-order chi connectivity index (χ1) is 64.6. The number of aromatic nitrogens is 4. The molecule has 8 amide bonds. The zero-order valence-corrected chi connectivity index (χ0v) is 77.6. The standard InChI is InChI=1S/C26H26ClN5O2.C25H23BrFN5O2.C25H24ClN5O2.C24H21BrFN5O2/c1-17-5-11-22(21(15-17)26(34)31-23-12-10-20(27)16-29-23)30-25(33)19-8-6-18(7-9-19)24(28)32-13-3-2-4-14-32;26-17-9-11-22(29-15-17)31-25(34)19-6-2-3-7-21(19)30-24(33)18-10-8-16(14-20(18)27)23(28)32-12-4-1-5-13-32;1-16-4-10-21(20(14-16)25(33)30-22-11-9-19(26)15-28-22)29-24(32)18-7-5-17(6-8-18)23(27)31-12-2-3-13-31;25-16-8-10-21(28-14-16)30-24(33)18-5-1-2-6-20(18)29-23(32)17-9-7-15(13-19(17)26)22(27)31-11-3-4-12-31/h5-12,15-16,28H,2-4,13-14H2,1H3,(H,30,33)(H,29,31,34);2-3,6-11,14-15,28H,1,4-5,12-13H2,(H,30,33)(H,29,31,34);4-11,14-15,27H,2-3,12-13H2,1H3,(H,29,32)(H,28,30,33);1-2,5-10,13-14,27H,3-4,11-12H2,(H,29,32)(H,28,30,33). The summed E-state index contributed by atoms with van der Waals surface area (Å²) in [7, 11) is 0. The zero-order chi connectivity index (χ0) is 94.9. The zero-order valence-electron chi connectivity index (χ0n) is 72.9. The van der Waals surface area contributed by atoms with E-state index in [1.54, 1.807) is 194 Å². The van der Waals surface area contributed by atoms with E-state index in [0.29, 0.717) is 89.7 Å². The van der Waals surface area contributed by atoms with E-state index in [1.807, 2.05) is 40.7 Å². The molecular weight excluding hydrogens is 1880 g/mol. The molecule has 8 heterocycles. The molecule has 0 unspecified atom stereocenters. The van der Waals surface area contributed by atoms with E-state index in [4.69, 9.17) is 44.8 Å². The Morgan fingerprint density at radius 1 is 0.284 bits per heavy atom. The molecule has 4 fully saturated rings. The summed E-state index contributed by atoms with van der Waals surface area (Å²) >= 11 is 18.3. The minimum atomic E-state index is -0.727. The predicted octanol–water partition coefficient (Wildman–Crippen LogP) is 20.5. The number of anilines is 8. The Hall–Kier alpha value is -14.6. The average Bonchev–Trinajstić information content (AvgIpc) is 1.54. The van der Waals surface area contributed by atoms with Crippen LogP contribution in [-0.4, -0.2) is 162 Å². The number of nitrogens with zero attached hydrogens (tertiary/aromatic N) is 8. The second-order valence-electron chi connectivity index (χ2n) is 31.7. The number of rotatable bonds is 20. The van der Waals surface area contributed by atoms with Crippen LogP contribution in [0.1, 0.15) is 180 Å². The summed E-state index contributed by atoms with van der Waals surface area (Å²) in [6.07, 6.45) is 16.8. The van der Waals surface area contributed by atoms with Gasteiger partial charge in [-0.2, -0.15) is 0 Å². The van der Waals surface area contributed by atoms with E-state index in [0.717, 1.165) is 141 Å². The largest absolute Gasteiger partial charge is 0.357 e. The average molecular weight is 1970 g/mol. The van der Waals surface area contributed by atoms with Crippen molar-refractivity contribution < 1.29 is 47.1 Å². The van der Waals surface area contributed by atoms with Crippen molar-refractivity contribution in [1.29, 1.82) is 21.6 Å². The molecule has 28 nitrogen and oxygen atoms in total. The van der Waals surface area contributed by atoms with Crippen LogP contribution in [0.3, 0.4) is 0 Å². The van der Waals surface area contributed by atoms with Crippen LogP contribution in [0.4, 0.5) is 54.8 Å². The van der Waals surface area contributed by atoms with E-state index < -0.39 is 41.2 Å². The van der Waals surface area contributed by atoms with Crippen LogP contribution < -0.4 is 42.5 Å². The summed E-state index contributed by atoms with van der Waals surface area (Å²) in [5.74, 6) is -2.29.